The molecule has 4 heteroatoms. The molecule has 3 heterocycles. The van der Waals surface area contributed by atoms with Gasteiger partial charge in [0.2, 0.25) is 0 Å². The maximum absolute atomic E-state index is 12.3. The number of aromatic nitrogens is 1. The van der Waals surface area contributed by atoms with E-state index >= 15 is 0 Å². The quantitative estimate of drug-likeness (QED) is 0.849. The standard InChI is InChI=1S/C18H19N3O/c22-18(17-7-3-4-9-19-17)21-12-16(13-21)20-10-8-14-5-1-2-6-15(14)11-20/h1-7,9,16H,8,10-13H2. The first-order valence-electron chi connectivity index (χ1n) is 7.82. The molecule has 1 saturated heterocycles. The van der Waals surface area contributed by atoms with Crippen LogP contribution in [-0.2, 0) is 13.0 Å². The van der Waals surface area contributed by atoms with Crippen molar-refractivity contribution >= 4 is 5.91 Å². The molecule has 1 aromatic heterocycles. The molecule has 0 bridgehead atoms. The lowest BCUT2D eigenvalue weighted by Crippen LogP contribution is -2.61. The van der Waals surface area contributed by atoms with Crippen molar-refractivity contribution in [3.63, 3.8) is 0 Å². The second-order valence-corrected chi connectivity index (χ2v) is 6.07. The number of carbonyl (C=O) groups excluding carboxylic acids is 1. The zero-order valence-electron chi connectivity index (χ0n) is 12.5. The number of hydrogen-bond donors (Lipinski definition) is 0. The summed E-state index contributed by atoms with van der Waals surface area (Å²) in [6.07, 6.45) is 2.78. The van der Waals surface area contributed by atoms with Gasteiger partial charge in [0.1, 0.15) is 5.69 Å². The van der Waals surface area contributed by atoms with Crippen molar-refractivity contribution < 1.29 is 4.79 Å². The number of rotatable bonds is 2. The second-order valence-electron chi connectivity index (χ2n) is 6.07. The van der Waals surface area contributed by atoms with Gasteiger partial charge in [0, 0.05) is 38.4 Å². The second kappa shape index (κ2) is 5.54. The molecule has 22 heavy (non-hydrogen) atoms. The molecule has 0 aliphatic carbocycles. The predicted molar refractivity (Wildman–Crippen MR) is 84.5 cm³/mol. The summed E-state index contributed by atoms with van der Waals surface area (Å²) in [4.78, 5) is 20.8. The Morgan fingerprint density at radius 2 is 1.82 bits per heavy atom. The third-order valence-corrected chi connectivity index (χ3v) is 4.71. The molecular weight excluding hydrogens is 274 g/mol. The minimum atomic E-state index is 0.0502. The maximum atomic E-state index is 12.3. The fourth-order valence-electron chi connectivity index (χ4n) is 3.33. The van der Waals surface area contributed by atoms with Gasteiger partial charge in [-0.05, 0) is 29.7 Å². The molecule has 4 nitrogen and oxygen atoms in total. The number of nitrogens with zero attached hydrogens (tertiary/aromatic N) is 3. The molecule has 4 rings (SSSR count). The molecule has 1 fully saturated rings. The summed E-state index contributed by atoms with van der Waals surface area (Å²) in [6, 6.07) is 14.6. The van der Waals surface area contributed by atoms with Gasteiger partial charge in [0.05, 0.1) is 0 Å². The van der Waals surface area contributed by atoms with Gasteiger partial charge in [-0.25, -0.2) is 0 Å². The average molecular weight is 293 g/mol. The van der Waals surface area contributed by atoms with Crippen molar-refractivity contribution in [3.05, 3.63) is 65.5 Å². The molecular formula is C18H19N3O. The minimum Gasteiger partial charge on any atom is -0.334 e. The van der Waals surface area contributed by atoms with Gasteiger partial charge in [-0.2, -0.15) is 0 Å². The van der Waals surface area contributed by atoms with Crippen LogP contribution in [0.4, 0.5) is 0 Å². The Morgan fingerprint density at radius 3 is 2.59 bits per heavy atom. The summed E-state index contributed by atoms with van der Waals surface area (Å²) < 4.78 is 0. The summed E-state index contributed by atoms with van der Waals surface area (Å²) in [5, 5.41) is 0. The highest BCUT2D eigenvalue weighted by Gasteiger charge is 2.36. The Morgan fingerprint density at radius 1 is 1.05 bits per heavy atom. The molecule has 0 saturated carbocycles. The van der Waals surface area contributed by atoms with Crippen LogP contribution in [0.1, 0.15) is 21.6 Å². The smallest absolute Gasteiger partial charge is 0.272 e. The molecule has 0 unspecified atom stereocenters. The third kappa shape index (κ3) is 2.40. The molecule has 0 spiro atoms. The van der Waals surface area contributed by atoms with E-state index in [2.05, 4.69) is 34.1 Å². The summed E-state index contributed by atoms with van der Waals surface area (Å²) >= 11 is 0. The number of pyridine rings is 1. The number of hydrogen-bond acceptors (Lipinski definition) is 3. The predicted octanol–water partition coefficient (Wildman–Crippen LogP) is 1.96. The molecule has 2 aliphatic rings. The van der Waals surface area contributed by atoms with Gasteiger partial charge in [0.15, 0.2) is 0 Å². The fourth-order valence-corrected chi connectivity index (χ4v) is 3.33. The van der Waals surface area contributed by atoms with Crippen LogP contribution in [-0.4, -0.2) is 46.4 Å². The van der Waals surface area contributed by atoms with E-state index in [1.807, 2.05) is 17.0 Å². The SMILES string of the molecule is O=C(c1ccccn1)N1CC(N2CCc3ccccc3C2)C1. The Kier molecular flexibility index (Phi) is 3.39. The van der Waals surface area contributed by atoms with E-state index in [9.17, 15) is 4.79 Å². The zero-order chi connectivity index (χ0) is 14.9. The van der Waals surface area contributed by atoms with Crippen LogP contribution in [0.2, 0.25) is 0 Å². The third-order valence-electron chi connectivity index (χ3n) is 4.71. The summed E-state index contributed by atoms with van der Waals surface area (Å²) in [6.45, 7) is 3.73. The first-order chi connectivity index (χ1) is 10.8. The molecule has 1 aromatic carbocycles. The van der Waals surface area contributed by atoms with Crippen molar-refractivity contribution in [3.8, 4) is 0 Å². The van der Waals surface area contributed by atoms with Gasteiger partial charge in [-0.3, -0.25) is 14.7 Å². The highest BCUT2D eigenvalue weighted by molar-refractivity contribution is 5.92. The topological polar surface area (TPSA) is 36.4 Å². The molecule has 112 valence electrons. The van der Waals surface area contributed by atoms with E-state index < -0.39 is 0 Å². The molecule has 0 radical (unpaired) electrons. The van der Waals surface area contributed by atoms with E-state index in [1.54, 1.807) is 12.3 Å². The number of fused-ring (bicyclic) bond motifs is 1. The molecule has 1 amide bonds. The van der Waals surface area contributed by atoms with Gasteiger partial charge >= 0.3 is 0 Å². The molecule has 0 N–H and O–H groups in total. The van der Waals surface area contributed by atoms with Crippen molar-refractivity contribution in [1.82, 2.24) is 14.8 Å². The average Bonchev–Trinajstić information content (AvgIpc) is 2.54. The Labute approximate surface area is 130 Å². The lowest BCUT2D eigenvalue weighted by molar-refractivity contribution is 0.0214. The highest BCUT2D eigenvalue weighted by atomic mass is 16.2. The van der Waals surface area contributed by atoms with Gasteiger partial charge < -0.3 is 4.90 Å². The Balaban J connectivity index is 1.37. The van der Waals surface area contributed by atoms with E-state index in [0.717, 1.165) is 32.6 Å². The number of amides is 1. The fraction of sp³-hybridized carbons (Fsp3) is 0.333. The zero-order valence-corrected chi connectivity index (χ0v) is 12.5. The summed E-state index contributed by atoms with van der Waals surface area (Å²) in [7, 11) is 0. The summed E-state index contributed by atoms with van der Waals surface area (Å²) in [5.41, 5.74) is 3.45. The minimum absolute atomic E-state index is 0.0502. The van der Waals surface area contributed by atoms with Crippen molar-refractivity contribution in [2.75, 3.05) is 19.6 Å². The van der Waals surface area contributed by atoms with Crippen LogP contribution in [0.25, 0.3) is 0 Å². The summed E-state index contributed by atoms with van der Waals surface area (Å²) in [5.74, 6) is 0.0502. The first-order valence-corrected chi connectivity index (χ1v) is 7.82. The van der Waals surface area contributed by atoms with E-state index in [1.165, 1.54) is 11.1 Å². The van der Waals surface area contributed by atoms with Gasteiger partial charge in [-0.1, -0.05) is 30.3 Å². The van der Waals surface area contributed by atoms with E-state index in [0.29, 0.717) is 11.7 Å². The van der Waals surface area contributed by atoms with Gasteiger partial charge in [-0.15, -0.1) is 0 Å². The molecule has 2 aliphatic heterocycles. The molecule has 0 atom stereocenters. The Hall–Kier alpha value is -2.20. The highest BCUT2D eigenvalue weighted by Crippen LogP contribution is 2.24. The van der Waals surface area contributed by atoms with Gasteiger partial charge in [0.25, 0.3) is 5.91 Å². The van der Waals surface area contributed by atoms with Crippen molar-refractivity contribution in [1.29, 1.82) is 0 Å². The first kappa shape index (κ1) is 13.5. The van der Waals surface area contributed by atoms with E-state index in [4.69, 9.17) is 0 Å². The number of benzene rings is 1. The van der Waals surface area contributed by atoms with Crippen LogP contribution < -0.4 is 0 Å². The number of likely N-dealkylation sites (tertiary alicyclic amines) is 1. The van der Waals surface area contributed by atoms with Crippen LogP contribution >= 0.6 is 0 Å². The maximum Gasteiger partial charge on any atom is 0.272 e. The van der Waals surface area contributed by atoms with Crippen molar-refractivity contribution in [2.24, 2.45) is 0 Å². The van der Waals surface area contributed by atoms with Crippen LogP contribution in [0.3, 0.4) is 0 Å². The lowest BCUT2D eigenvalue weighted by Gasteiger charge is -2.46. The van der Waals surface area contributed by atoms with E-state index in [-0.39, 0.29) is 5.91 Å². The largest absolute Gasteiger partial charge is 0.334 e. The van der Waals surface area contributed by atoms with Crippen LogP contribution in [0.15, 0.2) is 48.7 Å². The Bertz CT molecular complexity index is 680. The van der Waals surface area contributed by atoms with Crippen LogP contribution in [0.5, 0.6) is 0 Å². The van der Waals surface area contributed by atoms with Crippen LogP contribution in [0, 0.1) is 0 Å². The normalized spacial score (nSPS) is 18.6. The van der Waals surface area contributed by atoms with Crippen molar-refractivity contribution in [2.45, 2.75) is 19.0 Å². The number of carbonyl (C=O) groups is 1. The monoisotopic (exact) mass is 293 g/mol. The lowest BCUT2D eigenvalue weighted by atomic mass is 9.96. The molecule has 2 aromatic rings.